The van der Waals surface area contributed by atoms with E-state index in [0.717, 1.165) is 10.9 Å². The van der Waals surface area contributed by atoms with Crippen LogP contribution in [0.15, 0.2) is 39.6 Å². The van der Waals surface area contributed by atoms with Crippen LogP contribution in [0.4, 0.5) is 0 Å². The maximum absolute atomic E-state index is 12.5. The third-order valence-corrected chi connectivity index (χ3v) is 3.91. The van der Waals surface area contributed by atoms with Crippen molar-refractivity contribution in [2.75, 3.05) is 0 Å². The summed E-state index contributed by atoms with van der Waals surface area (Å²) in [5.41, 5.74) is 2.06. The largest absolute Gasteiger partial charge is 0.360 e. The van der Waals surface area contributed by atoms with E-state index in [0.29, 0.717) is 22.6 Å². The lowest BCUT2D eigenvalue weighted by molar-refractivity contribution is 0.0947. The molecule has 3 rings (SSSR count). The van der Waals surface area contributed by atoms with Gasteiger partial charge in [-0.2, -0.15) is 0 Å². The number of carbonyl (C=O) groups excluding carboxylic acids is 1. The SMILES string of the molecule is Cc1noc(C(C)C)c1C(=O)NCc1cc2ccccc2[nH]c1=O. The molecule has 2 N–H and O–H groups in total. The molecule has 0 radical (unpaired) electrons. The minimum Gasteiger partial charge on any atom is -0.360 e. The van der Waals surface area contributed by atoms with Crippen LogP contribution in [0.5, 0.6) is 0 Å². The highest BCUT2D eigenvalue weighted by atomic mass is 16.5. The molecule has 2 aromatic heterocycles. The van der Waals surface area contributed by atoms with Crippen LogP contribution in [-0.4, -0.2) is 16.0 Å². The van der Waals surface area contributed by atoms with Gasteiger partial charge < -0.3 is 14.8 Å². The van der Waals surface area contributed by atoms with E-state index >= 15 is 0 Å². The van der Waals surface area contributed by atoms with Crippen LogP contribution in [0.2, 0.25) is 0 Å². The van der Waals surface area contributed by atoms with Crippen LogP contribution in [0, 0.1) is 6.92 Å². The molecule has 0 saturated heterocycles. The minimum absolute atomic E-state index is 0.0519. The Bertz CT molecular complexity index is 954. The van der Waals surface area contributed by atoms with E-state index in [1.54, 1.807) is 13.0 Å². The Balaban J connectivity index is 1.84. The predicted molar refractivity (Wildman–Crippen MR) is 91.1 cm³/mol. The van der Waals surface area contributed by atoms with Gasteiger partial charge in [-0.3, -0.25) is 9.59 Å². The first kappa shape index (κ1) is 16.0. The second kappa shape index (κ2) is 6.31. The molecule has 1 amide bonds. The number of benzene rings is 1. The molecule has 3 aromatic rings. The highest BCUT2D eigenvalue weighted by molar-refractivity contribution is 5.96. The fraction of sp³-hybridized carbons (Fsp3) is 0.278. The number of pyridine rings is 1. The fourth-order valence-electron chi connectivity index (χ4n) is 2.65. The van der Waals surface area contributed by atoms with Gasteiger partial charge in [-0.25, -0.2) is 0 Å². The normalized spacial score (nSPS) is 11.2. The third-order valence-electron chi connectivity index (χ3n) is 3.91. The Morgan fingerprint density at radius 3 is 2.83 bits per heavy atom. The Hall–Kier alpha value is -2.89. The highest BCUT2D eigenvalue weighted by Gasteiger charge is 2.22. The molecule has 0 aliphatic rings. The molecule has 0 atom stereocenters. The molecule has 1 aromatic carbocycles. The summed E-state index contributed by atoms with van der Waals surface area (Å²) < 4.78 is 5.23. The smallest absolute Gasteiger partial charge is 0.257 e. The molecule has 24 heavy (non-hydrogen) atoms. The van der Waals surface area contributed by atoms with E-state index in [-0.39, 0.29) is 23.9 Å². The first-order valence-electron chi connectivity index (χ1n) is 7.82. The van der Waals surface area contributed by atoms with E-state index in [1.807, 2.05) is 38.1 Å². The molecule has 0 aliphatic carbocycles. The molecular formula is C18H19N3O3. The number of H-pyrrole nitrogens is 1. The number of amides is 1. The molecular weight excluding hydrogens is 306 g/mol. The van der Waals surface area contributed by atoms with E-state index in [4.69, 9.17) is 4.52 Å². The summed E-state index contributed by atoms with van der Waals surface area (Å²) in [6, 6.07) is 9.31. The van der Waals surface area contributed by atoms with Gasteiger partial charge in [0.05, 0.1) is 5.69 Å². The lowest BCUT2D eigenvalue weighted by Crippen LogP contribution is -2.27. The first-order chi connectivity index (χ1) is 11.5. The molecule has 0 unspecified atom stereocenters. The number of rotatable bonds is 4. The number of hydrogen-bond donors (Lipinski definition) is 2. The molecule has 0 spiro atoms. The van der Waals surface area contributed by atoms with Gasteiger partial charge in [-0.1, -0.05) is 37.2 Å². The van der Waals surface area contributed by atoms with Gasteiger partial charge in [0, 0.05) is 23.5 Å². The van der Waals surface area contributed by atoms with Crippen molar-refractivity contribution in [2.24, 2.45) is 0 Å². The number of nitrogens with one attached hydrogen (secondary N) is 2. The zero-order valence-corrected chi connectivity index (χ0v) is 13.8. The standard InChI is InChI=1S/C18H19N3O3/c1-10(2)16-15(11(3)21-24-16)18(23)19-9-13-8-12-6-4-5-7-14(12)20-17(13)22/h4-8,10H,9H2,1-3H3,(H,19,23)(H,20,22). The zero-order valence-electron chi connectivity index (χ0n) is 13.8. The van der Waals surface area contributed by atoms with Crippen LogP contribution in [-0.2, 0) is 6.54 Å². The first-order valence-corrected chi connectivity index (χ1v) is 7.82. The number of nitrogens with zero attached hydrogens (tertiary/aromatic N) is 1. The summed E-state index contributed by atoms with van der Waals surface area (Å²) in [5.74, 6) is 0.318. The molecule has 0 aliphatic heterocycles. The van der Waals surface area contributed by atoms with Crippen LogP contribution < -0.4 is 10.9 Å². The molecule has 0 saturated carbocycles. The topological polar surface area (TPSA) is 88.0 Å². The third kappa shape index (κ3) is 2.95. The average molecular weight is 325 g/mol. The van der Waals surface area contributed by atoms with E-state index in [9.17, 15) is 9.59 Å². The number of para-hydroxylation sites is 1. The van der Waals surface area contributed by atoms with Crippen molar-refractivity contribution < 1.29 is 9.32 Å². The van der Waals surface area contributed by atoms with Crippen LogP contribution in [0.25, 0.3) is 10.9 Å². The lowest BCUT2D eigenvalue weighted by Gasteiger charge is -2.07. The molecule has 6 heteroatoms. The van der Waals surface area contributed by atoms with Gasteiger partial charge in [0.2, 0.25) is 0 Å². The van der Waals surface area contributed by atoms with Crippen LogP contribution >= 0.6 is 0 Å². The average Bonchev–Trinajstić information content (AvgIpc) is 2.94. The van der Waals surface area contributed by atoms with E-state index in [1.165, 1.54) is 0 Å². The number of hydrogen-bond acceptors (Lipinski definition) is 4. The van der Waals surface area contributed by atoms with Gasteiger partial charge in [0.25, 0.3) is 11.5 Å². The van der Waals surface area contributed by atoms with Crippen molar-refractivity contribution in [3.8, 4) is 0 Å². The maximum atomic E-state index is 12.5. The van der Waals surface area contributed by atoms with Gasteiger partial charge in [0.15, 0.2) is 5.76 Å². The monoisotopic (exact) mass is 325 g/mol. The summed E-state index contributed by atoms with van der Waals surface area (Å²) in [6.45, 7) is 5.74. The Morgan fingerprint density at radius 2 is 2.08 bits per heavy atom. The molecule has 0 fully saturated rings. The molecule has 124 valence electrons. The number of aromatic nitrogens is 2. The molecule has 2 heterocycles. The predicted octanol–water partition coefficient (Wildman–Crippen LogP) is 2.88. The van der Waals surface area contributed by atoms with E-state index < -0.39 is 0 Å². The van der Waals surface area contributed by atoms with Gasteiger partial charge in [-0.05, 0) is 24.4 Å². The van der Waals surface area contributed by atoms with E-state index in [2.05, 4.69) is 15.5 Å². The van der Waals surface area contributed by atoms with Gasteiger partial charge in [-0.15, -0.1) is 0 Å². The Labute approximate surface area is 138 Å². The van der Waals surface area contributed by atoms with Crippen molar-refractivity contribution in [3.63, 3.8) is 0 Å². The van der Waals surface area contributed by atoms with Crippen molar-refractivity contribution in [1.82, 2.24) is 15.5 Å². The summed E-state index contributed by atoms with van der Waals surface area (Å²) in [7, 11) is 0. The van der Waals surface area contributed by atoms with Crippen LogP contribution in [0.1, 0.15) is 47.1 Å². The Morgan fingerprint density at radius 1 is 1.33 bits per heavy atom. The number of aromatic amines is 1. The second-order valence-electron chi connectivity index (χ2n) is 6.06. The highest BCUT2D eigenvalue weighted by Crippen LogP contribution is 2.22. The summed E-state index contributed by atoms with van der Waals surface area (Å²) in [5, 5.41) is 7.57. The second-order valence-corrected chi connectivity index (χ2v) is 6.06. The van der Waals surface area contributed by atoms with Crippen molar-refractivity contribution in [1.29, 1.82) is 0 Å². The quantitative estimate of drug-likeness (QED) is 0.772. The van der Waals surface area contributed by atoms with Crippen molar-refractivity contribution in [2.45, 2.75) is 33.2 Å². The number of carbonyl (C=O) groups is 1. The lowest BCUT2D eigenvalue weighted by atomic mass is 10.0. The van der Waals surface area contributed by atoms with Gasteiger partial charge in [0.1, 0.15) is 5.56 Å². The van der Waals surface area contributed by atoms with Crippen LogP contribution in [0.3, 0.4) is 0 Å². The maximum Gasteiger partial charge on any atom is 0.257 e. The summed E-state index contributed by atoms with van der Waals surface area (Å²) in [4.78, 5) is 27.4. The molecule has 6 nitrogen and oxygen atoms in total. The number of fused-ring (bicyclic) bond motifs is 1. The Kier molecular flexibility index (Phi) is 4.20. The van der Waals surface area contributed by atoms with Crippen molar-refractivity contribution in [3.05, 3.63) is 63.3 Å². The molecule has 0 bridgehead atoms. The zero-order chi connectivity index (χ0) is 17.3. The number of aryl methyl sites for hydroxylation is 1. The summed E-state index contributed by atoms with van der Waals surface area (Å²) in [6.07, 6.45) is 0. The fourth-order valence-corrected chi connectivity index (χ4v) is 2.65. The van der Waals surface area contributed by atoms with Gasteiger partial charge >= 0.3 is 0 Å². The van der Waals surface area contributed by atoms with Crippen molar-refractivity contribution >= 4 is 16.8 Å². The minimum atomic E-state index is -0.287. The summed E-state index contributed by atoms with van der Waals surface area (Å²) >= 11 is 0.